The van der Waals surface area contributed by atoms with Crippen molar-refractivity contribution in [2.75, 3.05) is 0 Å². The van der Waals surface area contributed by atoms with Crippen molar-refractivity contribution in [3.63, 3.8) is 0 Å². The van der Waals surface area contributed by atoms with Crippen LogP contribution >= 0.6 is 63.7 Å². The van der Waals surface area contributed by atoms with E-state index in [-0.39, 0.29) is 0 Å². The van der Waals surface area contributed by atoms with Crippen molar-refractivity contribution in [2.45, 2.75) is 110 Å². The lowest BCUT2D eigenvalue weighted by Crippen LogP contribution is -2.16. The number of hydrogen-bond donors (Lipinski definition) is 0. The van der Waals surface area contributed by atoms with Gasteiger partial charge in [-0.3, -0.25) is 0 Å². The van der Waals surface area contributed by atoms with Crippen LogP contribution in [0.25, 0.3) is 0 Å². The summed E-state index contributed by atoms with van der Waals surface area (Å²) in [6.45, 7) is 13.7. The molecule has 0 aromatic carbocycles. The van der Waals surface area contributed by atoms with Gasteiger partial charge in [0.05, 0.1) is 6.78 Å². The van der Waals surface area contributed by atoms with Crippen molar-refractivity contribution >= 4 is 79.9 Å². The fourth-order valence-electron chi connectivity index (χ4n) is 2.78. The number of rotatable bonds is 12. The van der Waals surface area contributed by atoms with E-state index >= 15 is 0 Å². The van der Waals surface area contributed by atoms with Crippen LogP contribution in [0.3, 0.4) is 0 Å². The SMILES string of the molecule is C[Si](C)(C)C#CC(CCCCCCCCCCCC(C#C[Si](C)(C)C)=C(Br)Br)=C(Br)Br. The summed E-state index contributed by atoms with van der Waals surface area (Å²) in [5, 5.41) is 0. The average molecular weight is 716 g/mol. The molecule has 0 aliphatic rings. The summed E-state index contributed by atoms with van der Waals surface area (Å²) in [5.41, 5.74) is 9.39. The molecule has 0 N–H and O–H groups in total. The molecule has 31 heavy (non-hydrogen) atoms. The standard InChI is InChI=1S/C25H40Br4Si2/c1-30(2,3)20-18-22(24(26)27)16-14-12-10-8-7-9-11-13-15-17-23(25(28)29)19-21-31(4,5)6/h7-17H2,1-6H3. The highest BCUT2D eigenvalue weighted by Crippen LogP contribution is 2.25. The molecule has 0 aliphatic carbocycles. The fourth-order valence-corrected chi connectivity index (χ4v) is 5.02. The molecule has 0 bridgehead atoms. The smallest absolute Gasteiger partial charge is 0.127 e. The highest BCUT2D eigenvalue weighted by atomic mass is 79.9. The molecule has 0 nitrogen and oxygen atoms in total. The highest BCUT2D eigenvalue weighted by molar-refractivity contribution is 9.28. The van der Waals surface area contributed by atoms with E-state index in [0.717, 1.165) is 19.6 Å². The van der Waals surface area contributed by atoms with Crippen LogP contribution in [0, 0.1) is 22.9 Å². The molecule has 0 atom stereocenters. The van der Waals surface area contributed by atoms with Crippen LogP contribution in [0.2, 0.25) is 39.3 Å². The molecule has 0 aromatic heterocycles. The molecule has 0 rings (SSSR count). The molecule has 0 heterocycles. The third-order valence-electron chi connectivity index (χ3n) is 4.49. The molecule has 0 aromatic rings. The van der Waals surface area contributed by atoms with Gasteiger partial charge < -0.3 is 0 Å². The van der Waals surface area contributed by atoms with Crippen molar-refractivity contribution in [1.29, 1.82) is 0 Å². The maximum atomic E-state index is 3.56. The molecule has 0 saturated carbocycles. The van der Waals surface area contributed by atoms with Crippen LogP contribution in [-0.4, -0.2) is 16.1 Å². The van der Waals surface area contributed by atoms with Gasteiger partial charge in [-0.05, 0) is 89.4 Å². The maximum Gasteiger partial charge on any atom is 0.129 e. The van der Waals surface area contributed by atoms with Crippen LogP contribution in [0.15, 0.2) is 17.9 Å². The Morgan fingerprint density at radius 2 is 0.742 bits per heavy atom. The second kappa shape index (κ2) is 17.4. The number of halogens is 4. The summed E-state index contributed by atoms with van der Waals surface area (Å²) in [5.74, 6) is 6.80. The van der Waals surface area contributed by atoms with Crippen molar-refractivity contribution in [1.82, 2.24) is 0 Å². The largest absolute Gasteiger partial charge is 0.129 e. The lowest BCUT2D eigenvalue weighted by Gasteiger charge is -2.06. The molecule has 0 fully saturated rings. The predicted molar refractivity (Wildman–Crippen MR) is 163 cm³/mol. The van der Waals surface area contributed by atoms with E-state index in [0.29, 0.717) is 0 Å². The molecule has 6 heteroatoms. The summed E-state index contributed by atoms with van der Waals surface area (Å²) in [6, 6.07) is 0. The Balaban J connectivity index is 3.93. The van der Waals surface area contributed by atoms with Gasteiger partial charge in [0.1, 0.15) is 16.1 Å². The van der Waals surface area contributed by atoms with Gasteiger partial charge in [-0.15, -0.1) is 11.1 Å². The van der Waals surface area contributed by atoms with Crippen LogP contribution in [-0.2, 0) is 0 Å². The number of allylic oxidation sites excluding steroid dienone is 2. The third-order valence-corrected chi connectivity index (χ3v) is 8.15. The molecule has 0 radical (unpaired) electrons. The van der Waals surface area contributed by atoms with E-state index < -0.39 is 16.1 Å². The quantitative estimate of drug-likeness (QED) is 0.107. The third kappa shape index (κ3) is 21.2. The summed E-state index contributed by atoms with van der Waals surface area (Å²) < 4.78 is 2.06. The maximum absolute atomic E-state index is 3.56. The van der Waals surface area contributed by atoms with Gasteiger partial charge >= 0.3 is 0 Å². The van der Waals surface area contributed by atoms with Crippen LogP contribution in [0.4, 0.5) is 0 Å². The molecule has 0 unspecified atom stereocenters. The van der Waals surface area contributed by atoms with Crippen molar-refractivity contribution in [3.8, 4) is 22.9 Å². The van der Waals surface area contributed by atoms with Gasteiger partial charge in [0.25, 0.3) is 0 Å². The summed E-state index contributed by atoms with van der Waals surface area (Å²) in [7, 11) is -2.64. The van der Waals surface area contributed by atoms with Gasteiger partial charge in [0, 0.05) is 11.1 Å². The summed E-state index contributed by atoms with van der Waals surface area (Å²) >= 11 is 14.2. The van der Waals surface area contributed by atoms with E-state index in [1.807, 2.05) is 0 Å². The Bertz CT molecular complexity index is 647. The zero-order valence-corrected chi connectivity index (χ0v) is 28.6. The average Bonchev–Trinajstić information content (AvgIpc) is 2.62. The van der Waals surface area contributed by atoms with Crippen LogP contribution in [0.1, 0.15) is 70.6 Å². The molecule has 0 spiro atoms. The van der Waals surface area contributed by atoms with Crippen molar-refractivity contribution in [2.24, 2.45) is 0 Å². The molecule has 0 aliphatic heterocycles. The van der Waals surface area contributed by atoms with Crippen LogP contribution < -0.4 is 0 Å². The van der Waals surface area contributed by atoms with Crippen molar-refractivity contribution in [3.05, 3.63) is 17.9 Å². The predicted octanol–water partition coefficient (Wildman–Crippen LogP) is 11.0. The minimum Gasteiger partial charge on any atom is -0.127 e. The second-order valence-electron chi connectivity index (χ2n) is 10.2. The Morgan fingerprint density at radius 1 is 0.484 bits per heavy atom. The monoisotopic (exact) mass is 712 g/mol. The van der Waals surface area contributed by atoms with Crippen LogP contribution in [0.5, 0.6) is 0 Å². The van der Waals surface area contributed by atoms with E-state index in [4.69, 9.17) is 0 Å². The Kier molecular flexibility index (Phi) is 17.9. The lowest BCUT2D eigenvalue weighted by atomic mass is 10.0. The van der Waals surface area contributed by atoms with Gasteiger partial charge in [0.2, 0.25) is 0 Å². The van der Waals surface area contributed by atoms with Crippen molar-refractivity contribution < 1.29 is 0 Å². The summed E-state index contributed by atoms with van der Waals surface area (Å²) in [6.07, 6.45) is 13.9. The van der Waals surface area contributed by atoms with E-state index in [1.165, 1.54) is 68.9 Å². The second-order valence-corrected chi connectivity index (χ2v) is 25.0. The topological polar surface area (TPSA) is 0 Å². The van der Waals surface area contributed by atoms with Gasteiger partial charge in [-0.2, -0.15) is 0 Å². The number of hydrogen-bond acceptors (Lipinski definition) is 0. The lowest BCUT2D eigenvalue weighted by molar-refractivity contribution is 0.559. The first kappa shape index (κ1) is 32.0. The fraction of sp³-hybridized carbons (Fsp3) is 0.680. The first-order chi connectivity index (χ1) is 14.3. The highest BCUT2D eigenvalue weighted by Gasteiger charge is 2.09. The minimum absolute atomic E-state index is 1.03. The molecular weight excluding hydrogens is 676 g/mol. The first-order valence-electron chi connectivity index (χ1n) is 11.5. The zero-order chi connectivity index (χ0) is 23.9. The molecule has 176 valence electrons. The molecule has 0 amide bonds. The minimum atomic E-state index is -1.32. The normalized spacial score (nSPS) is 11.2. The Hall–Kier alpha value is 0.954. The zero-order valence-electron chi connectivity index (χ0n) is 20.3. The van der Waals surface area contributed by atoms with E-state index in [9.17, 15) is 0 Å². The van der Waals surface area contributed by atoms with E-state index in [1.54, 1.807) is 0 Å². The number of unbranched alkanes of at least 4 members (excludes halogenated alkanes) is 8. The Labute approximate surface area is 228 Å². The molecule has 0 saturated heterocycles. The Morgan fingerprint density at radius 3 is 0.968 bits per heavy atom. The van der Waals surface area contributed by atoms with Gasteiger partial charge in [-0.25, -0.2) is 0 Å². The van der Waals surface area contributed by atoms with E-state index in [2.05, 4.69) is 126 Å². The molecular formula is C25H40Br4Si2. The van der Waals surface area contributed by atoms with Gasteiger partial charge in [-0.1, -0.05) is 96.1 Å². The first-order valence-corrected chi connectivity index (χ1v) is 21.6. The summed E-state index contributed by atoms with van der Waals surface area (Å²) in [4.78, 5) is 0. The van der Waals surface area contributed by atoms with Gasteiger partial charge in [0.15, 0.2) is 0 Å².